The predicted octanol–water partition coefficient (Wildman–Crippen LogP) is 3.27. The van der Waals surface area contributed by atoms with Gasteiger partial charge in [0, 0.05) is 24.8 Å². The first kappa shape index (κ1) is 17.1. The van der Waals surface area contributed by atoms with E-state index in [-0.39, 0.29) is 12.1 Å². The van der Waals surface area contributed by atoms with Gasteiger partial charge >= 0.3 is 6.03 Å². The Hall–Kier alpha value is -1.69. The van der Waals surface area contributed by atoms with Crippen molar-refractivity contribution in [1.29, 1.82) is 0 Å². The molecule has 1 aromatic heterocycles. The monoisotopic (exact) mass is 335 g/mol. The summed E-state index contributed by atoms with van der Waals surface area (Å²) in [6.07, 6.45) is 9.06. The van der Waals surface area contributed by atoms with E-state index in [1.165, 1.54) is 44.5 Å². The molecule has 5 nitrogen and oxygen atoms in total. The van der Waals surface area contributed by atoms with Crippen molar-refractivity contribution in [2.75, 3.05) is 19.7 Å². The normalized spacial score (nSPS) is 23.8. The van der Waals surface area contributed by atoms with Gasteiger partial charge in [0.05, 0.1) is 24.9 Å². The Labute approximate surface area is 142 Å². The average molecular weight is 335 g/mol. The van der Waals surface area contributed by atoms with Crippen LogP contribution in [0.15, 0.2) is 18.5 Å². The number of nitrogens with one attached hydrogen (secondary N) is 1. The molecule has 3 rings (SSSR count). The number of hydrogen-bond acceptors (Lipinski definition) is 3. The molecule has 132 valence electrons. The van der Waals surface area contributed by atoms with Crippen LogP contribution in [0.1, 0.15) is 50.6 Å². The van der Waals surface area contributed by atoms with E-state index in [4.69, 9.17) is 4.74 Å². The molecule has 6 heteroatoms. The Kier molecular flexibility index (Phi) is 5.66. The van der Waals surface area contributed by atoms with Gasteiger partial charge in [-0.2, -0.15) is 0 Å². The maximum atomic E-state index is 13.8. The highest BCUT2D eigenvalue weighted by Gasteiger charge is 2.31. The largest absolute Gasteiger partial charge is 0.374 e. The number of nitrogens with zero attached hydrogens (tertiary/aromatic N) is 2. The van der Waals surface area contributed by atoms with Gasteiger partial charge in [-0.3, -0.25) is 4.98 Å². The molecule has 2 amide bonds. The molecule has 24 heavy (non-hydrogen) atoms. The highest BCUT2D eigenvalue weighted by atomic mass is 19.1. The second-order valence-corrected chi connectivity index (χ2v) is 6.82. The van der Waals surface area contributed by atoms with E-state index in [1.807, 2.05) is 0 Å². The van der Waals surface area contributed by atoms with E-state index >= 15 is 0 Å². The molecule has 2 fully saturated rings. The van der Waals surface area contributed by atoms with E-state index in [0.29, 0.717) is 31.2 Å². The number of rotatable bonds is 3. The lowest BCUT2D eigenvalue weighted by Gasteiger charge is -2.38. The summed E-state index contributed by atoms with van der Waals surface area (Å²) < 4.78 is 19.7. The van der Waals surface area contributed by atoms with Crippen LogP contribution in [0.4, 0.5) is 9.18 Å². The summed E-state index contributed by atoms with van der Waals surface area (Å²) in [6, 6.07) is 1.06. The second-order valence-electron chi connectivity index (χ2n) is 6.82. The van der Waals surface area contributed by atoms with Crippen molar-refractivity contribution in [3.8, 4) is 0 Å². The highest BCUT2D eigenvalue weighted by Crippen LogP contribution is 2.29. The van der Waals surface area contributed by atoms with Gasteiger partial charge < -0.3 is 15.0 Å². The summed E-state index contributed by atoms with van der Waals surface area (Å²) in [4.78, 5) is 18.1. The Morgan fingerprint density at radius 3 is 2.96 bits per heavy atom. The van der Waals surface area contributed by atoms with Crippen molar-refractivity contribution < 1.29 is 13.9 Å². The molecule has 0 bridgehead atoms. The maximum Gasteiger partial charge on any atom is 0.318 e. The Morgan fingerprint density at radius 2 is 2.21 bits per heavy atom. The predicted molar refractivity (Wildman–Crippen MR) is 89.0 cm³/mol. The van der Waals surface area contributed by atoms with E-state index in [1.54, 1.807) is 17.9 Å². The molecular weight excluding hydrogens is 309 g/mol. The zero-order valence-corrected chi connectivity index (χ0v) is 14.2. The van der Waals surface area contributed by atoms with Gasteiger partial charge in [-0.15, -0.1) is 0 Å². The van der Waals surface area contributed by atoms with Crippen LogP contribution in [-0.2, 0) is 4.74 Å². The van der Waals surface area contributed by atoms with E-state index in [9.17, 15) is 9.18 Å². The zero-order valence-electron chi connectivity index (χ0n) is 14.2. The third kappa shape index (κ3) is 4.04. The SMILES string of the molecule is C[C@@H](NC(=O)N1CCO[C@@H](C2CCCCC2)C1)c1ccncc1F. The Morgan fingerprint density at radius 1 is 1.42 bits per heavy atom. The van der Waals surface area contributed by atoms with Crippen LogP contribution in [0, 0.1) is 11.7 Å². The zero-order chi connectivity index (χ0) is 16.9. The fraction of sp³-hybridized carbons (Fsp3) is 0.667. The molecule has 1 N–H and O–H groups in total. The molecule has 0 spiro atoms. The fourth-order valence-corrected chi connectivity index (χ4v) is 3.74. The van der Waals surface area contributed by atoms with Gasteiger partial charge in [0.1, 0.15) is 5.82 Å². The van der Waals surface area contributed by atoms with Gasteiger partial charge in [-0.05, 0) is 31.7 Å². The van der Waals surface area contributed by atoms with Crippen LogP contribution in [0.25, 0.3) is 0 Å². The minimum absolute atomic E-state index is 0.137. The lowest BCUT2D eigenvalue weighted by molar-refractivity contribution is -0.0526. The van der Waals surface area contributed by atoms with E-state index in [0.717, 1.165) is 0 Å². The van der Waals surface area contributed by atoms with Crippen molar-refractivity contribution in [2.45, 2.75) is 51.2 Å². The van der Waals surface area contributed by atoms with Gasteiger partial charge in [0.15, 0.2) is 0 Å². The van der Waals surface area contributed by atoms with Gasteiger partial charge in [-0.25, -0.2) is 9.18 Å². The molecule has 1 saturated carbocycles. The molecule has 1 saturated heterocycles. The molecule has 0 aromatic carbocycles. The molecular formula is C18H26FN3O2. The first-order chi connectivity index (χ1) is 11.6. The van der Waals surface area contributed by atoms with Crippen LogP contribution in [0.2, 0.25) is 0 Å². The maximum absolute atomic E-state index is 13.8. The van der Waals surface area contributed by atoms with Gasteiger partial charge in [0.25, 0.3) is 0 Å². The van der Waals surface area contributed by atoms with E-state index < -0.39 is 11.9 Å². The Bertz CT molecular complexity index is 563. The van der Waals surface area contributed by atoms with Gasteiger partial charge in [0.2, 0.25) is 0 Å². The number of carbonyl (C=O) groups is 1. The van der Waals surface area contributed by atoms with Crippen LogP contribution in [-0.4, -0.2) is 41.7 Å². The van der Waals surface area contributed by atoms with Gasteiger partial charge in [-0.1, -0.05) is 19.3 Å². The molecule has 1 aromatic rings. The number of ether oxygens (including phenoxy) is 1. The Balaban J connectivity index is 1.57. The third-order valence-corrected chi connectivity index (χ3v) is 5.17. The van der Waals surface area contributed by atoms with Crippen LogP contribution >= 0.6 is 0 Å². The van der Waals surface area contributed by atoms with Crippen LogP contribution < -0.4 is 5.32 Å². The lowest BCUT2D eigenvalue weighted by Crippen LogP contribution is -2.52. The quantitative estimate of drug-likeness (QED) is 0.922. The van der Waals surface area contributed by atoms with Crippen LogP contribution in [0.3, 0.4) is 0 Å². The first-order valence-electron chi connectivity index (χ1n) is 8.91. The standard InChI is InChI=1S/C18H26FN3O2/c1-13(15-7-8-20-11-16(15)19)21-18(23)22-9-10-24-17(12-22)14-5-3-2-4-6-14/h7-8,11,13-14,17H,2-6,9-10,12H2,1H3,(H,21,23)/t13-,17-/m1/s1. The molecule has 0 unspecified atom stereocenters. The molecule has 0 radical (unpaired) electrons. The number of carbonyl (C=O) groups excluding carboxylic acids is 1. The summed E-state index contributed by atoms with van der Waals surface area (Å²) in [6.45, 7) is 3.57. The number of halogens is 1. The average Bonchev–Trinajstić information content (AvgIpc) is 2.63. The highest BCUT2D eigenvalue weighted by molar-refractivity contribution is 5.74. The summed E-state index contributed by atoms with van der Waals surface area (Å²) in [7, 11) is 0. The number of amides is 2. The number of hydrogen-bond donors (Lipinski definition) is 1. The lowest BCUT2D eigenvalue weighted by atomic mass is 9.84. The van der Waals surface area contributed by atoms with Crippen molar-refractivity contribution in [1.82, 2.24) is 15.2 Å². The molecule has 2 aliphatic rings. The summed E-state index contributed by atoms with van der Waals surface area (Å²) in [5.74, 6) is 0.164. The summed E-state index contributed by atoms with van der Waals surface area (Å²) in [5.41, 5.74) is 0.454. The minimum Gasteiger partial charge on any atom is -0.374 e. The second kappa shape index (κ2) is 7.92. The van der Waals surface area contributed by atoms with Crippen molar-refractivity contribution in [2.24, 2.45) is 5.92 Å². The smallest absolute Gasteiger partial charge is 0.318 e. The van der Waals surface area contributed by atoms with Crippen molar-refractivity contribution in [3.63, 3.8) is 0 Å². The summed E-state index contributed by atoms with van der Waals surface area (Å²) in [5, 5.41) is 2.89. The minimum atomic E-state index is -0.396. The molecule has 2 atom stereocenters. The van der Waals surface area contributed by atoms with Crippen molar-refractivity contribution >= 4 is 6.03 Å². The molecule has 1 aliphatic heterocycles. The number of aromatic nitrogens is 1. The topological polar surface area (TPSA) is 54.5 Å². The van der Waals surface area contributed by atoms with Crippen LogP contribution in [0.5, 0.6) is 0 Å². The molecule has 2 heterocycles. The first-order valence-corrected chi connectivity index (χ1v) is 8.91. The number of pyridine rings is 1. The van der Waals surface area contributed by atoms with E-state index in [2.05, 4.69) is 10.3 Å². The summed E-state index contributed by atoms with van der Waals surface area (Å²) >= 11 is 0. The fourth-order valence-electron chi connectivity index (χ4n) is 3.74. The molecule has 1 aliphatic carbocycles. The number of morpholine rings is 1. The van der Waals surface area contributed by atoms with Crippen molar-refractivity contribution in [3.05, 3.63) is 29.8 Å². The number of urea groups is 1. The third-order valence-electron chi connectivity index (χ3n) is 5.17.